The molecule has 6 rings (SSSR count). The molecule has 2 aliphatic heterocycles. The fourth-order valence-electron chi connectivity index (χ4n) is 5.94. The minimum Gasteiger partial charge on any atom is -0.444 e. The highest BCUT2D eigenvalue weighted by Gasteiger charge is 2.29. The fraction of sp³-hybridized carbons (Fsp3) is 0.406. The summed E-state index contributed by atoms with van der Waals surface area (Å²) in [6.45, 7) is 14.6. The largest absolute Gasteiger partial charge is 0.444 e. The van der Waals surface area contributed by atoms with E-state index >= 15 is 0 Å². The summed E-state index contributed by atoms with van der Waals surface area (Å²) < 4.78 is 7.64. The molecule has 10 heteroatoms. The Morgan fingerprint density at radius 3 is 2.55 bits per heavy atom. The van der Waals surface area contributed by atoms with Crippen molar-refractivity contribution in [1.82, 2.24) is 24.6 Å². The highest BCUT2D eigenvalue weighted by Crippen LogP contribution is 2.35. The Labute approximate surface area is 246 Å². The normalized spacial score (nSPS) is 15.2. The van der Waals surface area contributed by atoms with Gasteiger partial charge in [-0.3, -0.25) is 9.67 Å². The number of hydrogen-bond acceptors (Lipinski definition) is 8. The lowest BCUT2D eigenvalue weighted by molar-refractivity contribution is 0.0240. The molecule has 0 spiro atoms. The Hall–Kier alpha value is -4.65. The number of nitriles is 1. The van der Waals surface area contributed by atoms with Crippen LogP contribution in [0.1, 0.15) is 54.4 Å². The third-order valence-corrected chi connectivity index (χ3v) is 7.94. The number of nitrogens with zero attached hydrogens (tertiary/aromatic N) is 8. The Morgan fingerprint density at radius 2 is 1.83 bits per heavy atom. The van der Waals surface area contributed by atoms with Crippen LogP contribution in [-0.2, 0) is 24.4 Å². The molecule has 1 saturated heterocycles. The number of aryl methyl sites for hydroxylation is 2. The first-order valence-corrected chi connectivity index (χ1v) is 14.4. The molecule has 1 amide bonds. The molecule has 4 aromatic rings. The van der Waals surface area contributed by atoms with Crippen molar-refractivity contribution in [3.05, 3.63) is 76.4 Å². The number of carbonyl (C=O) groups is 1. The van der Waals surface area contributed by atoms with Crippen LogP contribution in [0.4, 0.5) is 16.3 Å². The third kappa shape index (κ3) is 5.22. The van der Waals surface area contributed by atoms with Gasteiger partial charge in [0.05, 0.1) is 35.6 Å². The monoisotopic (exact) mass is 564 g/mol. The van der Waals surface area contributed by atoms with Crippen molar-refractivity contribution in [2.24, 2.45) is 0 Å². The molecule has 3 aromatic heterocycles. The predicted octanol–water partition coefficient (Wildman–Crippen LogP) is 4.94. The molecular weight excluding hydrogens is 528 g/mol. The molecule has 0 aliphatic carbocycles. The molecule has 2 aliphatic rings. The zero-order valence-corrected chi connectivity index (χ0v) is 24.9. The van der Waals surface area contributed by atoms with Crippen LogP contribution in [0.15, 0.2) is 42.7 Å². The van der Waals surface area contributed by atoms with E-state index in [-0.39, 0.29) is 6.09 Å². The highest BCUT2D eigenvalue weighted by atomic mass is 16.6. The van der Waals surface area contributed by atoms with E-state index in [4.69, 9.17) is 14.8 Å². The van der Waals surface area contributed by atoms with Gasteiger partial charge in [-0.2, -0.15) is 10.4 Å². The second-order valence-electron chi connectivity index (χ2n) is 12.1. The number of hydrogen-bond donors (Lipinski definition) is 0. The summed E-state index contributed by atoms with van der Waals surface area (Å²) in [4.78, 5) is 28.1. The minimum atomic E-state index is -0.497. The molecule has 216 valence electrons. The molecule has 0 saturated carbocycles. The lowest BCUT2D eigenvalue weighted by Gasteiger charge is -2.36. The first kappa shape index (κ1) is 27.5. The standard InChI is InChI=1S/C32H36N8O2/c1-21-15-23(17-35-30(21)37-11-13-38(14-12-37)31(41)42-32(3,4)5)18-40-28-20-39(19-26(28)22(2)36-40)27-9-8-24(16-33)29-25(27)7-6-10-34-29/h6-10,15,17H,11-14,18-20H2,1-5H3. The Balaban J connectivity index is 1.16. The molecule has 42 heavy (non-hydrogen) atoms. The topological polar surface area (TPSA) is 103 Å². The summed E-state index contributed by atoms with van der Waals surface area (Å²) in [5.41, 5.74) is 7.60. The Kier molecular flexibility index (Phi) is 6.97. The summed E-state index contributed by atoms with van der Waals surface area (Å²) in [5, 5.41) is 15.4. The van der Waals surface area contributed by atoms with Crippen molar-refractivity contribution < 1.29 is 9.53 Å². The first-order valence-electron chi connectivity index (χ1n) is 14.4. The van der Waals surface area contributed by atoms with Gasteiger partial charge in [-0.1, -0.05) is 0 Å². The molecule has 0 radical (unpaired) electrons. The lowest BCUT2D eigenvalue weighted by Crippen LogP contribution is -2.50. The van der Waals surface area contributed by atoms with Crippen LogP contribution in [-0.4, -0.2) is 62.5 Å². The Bertz CT molecular complexity index is 1710. The van der Waals surface area contributed by atoms with Gasteiger partial charge in [0.15, 0.2) is 0 Å². The Morgan fingerprint density at radius 1 is 1.05 bits per heavy atom. The van der Waals surface area contributed by atoms with E-state index in [9.17, 15) is 10.1 Å². The molecule has 0 atom stereocenters. The SMILES string of the molecule is Cc1cc(Cn2nc(C)c3c2CN(c2ccc(C#N)c4ncccc24)C3)cnc1N1CCN(C(=O)OC(C)(C)C)CC1. The van der Waals surface area contributed by atoms with Gasteiger partial charge in [0, 0.05) is 61.8 Å². The summed E-state index contributed by atoms with van der Waals surface area (Å²) in [6, 6.07) is 12.3. The molecule has 1 aromatic carbocycles. The van der Waals surface area contributed by atoms with Gasteiger partial charge in [-0.15, -0.1) is 0 Å². The number of carbonyl (C=O) groups excluding carboxylic acids is 1. The number of fused-ring (bicyclic) bond motifs is 2. The van der Waals surface area contributed by atoms with Crippen LogP contribution in [0.5, 0.6) is 0 Å². The lowest BCUT2D eigenvalue weighted by atomic mass is 10.1. The number of piperazine rings is 1. The molecule has 5 heterocycles. The quantitative estimate of drug-likeness (QED) is 0.343. The average molecular weight is 565 g/mol. The second kappa shape index (κ2) is 10.6. The van der Waals surface area contributed by atoms with E-state index in [1.165, 1.54) is 11.3 Å². The van der Waals surface area contributed by atoms with E-state index in [0.29, 0.717) is 38.3 Å². The van der Waals surface area contributed by atoms with Crippen LogP contribution in [0.25, 0.3) is 10.9 Å². The molecule has 0 bridgehead atoms. The number of anilines is 2. The first-order chi connectivity index (χ1) is 20.1. The summed E-state index contributed by atoms with van der Waals surface area (Å²) in [7, 11) is 0. The van der Waals surface area contributed by atoms with Crippen molar-refractivity contribution in [3.8, 4) is 6.07 Å². The fourth-order valence-corrected chi connectivity index (χ4v) is 5.94. The summed E-state index contributed by atoms with van der Waals surface area (Å²) >= 11 is 0. The van der Waals surface area contributed by atoms with E-state index < -0.39 is 5.60 Å². The van der Waals surface area contributed by atoms with E-state index in [1.807, 2.05) is 51.2 Å². The van der Waals surface area contributed by atoms with Crippen LogP contribution in [0.2, 0.25) is 0 Å². The maximum atomic E-state index is 12.5. The van der Waals surface area contributed by atoms with E-state index in [2.05, 4.69) is 45.4 Å². The number of pyridine rings is 2. The molecule has 10 nitrogen and oxygen atoms in total. The molecule has 1 fully saturated rings. The molecular formula is C32H36N8O2. The smallest absolute Gasteiger partial charge is 0.410 e. The van der Waals surface area contributed by atoms with Crippen LogP contribution in [0, 0.1) is 25.2 Å². The number of ether oxygens (including phenoxy) is 1. The second-order valence-corrected chi connectivity index (χ2v) is 12.1. The summed E-state index contributed by atoms with van der Waals surface area (Å²) in [5.74, 6) is 0.956. The van der Waals surface area contributed by atoms with Gasteiger partial charge in [-0.25, -0.2) is 9.78 Å². The van der Waals surface area contributed by atoms with Crippen molar-refractivity contribution >= 4 is 28.5 Å². The van der Waals surface area contributed by atoms with Crippen molar-refractivity contribution in [3.63, 3.8) is 0 Å². The summed E-state index contributed by atoms with van der Waals surface area (Å²) in [6.07, 6.45) is 3.42. The molecule has 0 unspecified atom stereocenters. The van der Waals surface area contributed by atoms with Crippen molar-refractivity contribution in [1.29, 1.82) is 5.26 Å². The van der Waals surface area contributed by atoms with Gasteiger partial charge in [0.2, 0.25) is 0 Å². The number of rotatable bonds is 4. The highest BCUT2D eigenvalue weighted by molar-refractivity contribution is 5.95. The maximum absolute atomic E-state index is 12.5. The van der Waals surface area contributed by atoms with Gasteiger partial charge in [-0.05, 0) is 76.1 Å². The molecule has 0 N–H and O–H groups in total. The van der Waals surface area contributed by atoms with Gasteiger partial charge in [0.25, 0.3) is 0 Å². The van der Waals surface area contributed by atoms with Crippen LogP contribution >= 0.6 is 0 Å². The average Bonchev–Trinajstić information content (AvgIpc) is 3.52. The van der Waals surface area contributed by atoms with Crippen LogP contribution in [0.3, 0.4) is 0 Å². The van der Waals surface area contributed by atoms with Gasteiger partial charge in [0.1, 0.15) is 17.5 Å². The van der Waals surface area contributed by atoms with Crippen LogP contribution < -0.4 is 9.80 Å². The van der Waals surface area contributed by atoms with Gasteiger partial charge >= 0.3 is 6.09 Å². The number of amides is 1. The maximum Gasteiger partial charge on any atom is 0.410 e. The van der Waals surface area contributed by atoms with Crippen molar-refractivity contribution in [2.75, 3.05) is 36.0 Å². The minimum absolute atomic E-state index is 0.258. The zero-order chi connectivity index (χ0) is 29.6. The number of aromatic nitrogens is 4. The third-order valence-electron chi connectivity index (χ3n) is 7.94. The van der Waals surface area contributed by atoms with Crippen molar-refractivity contribution in [2.45, 2.75) is 59.9 Å². The van der Waals surface area contributed by atoms with E-state index in [1.54, 1.807) is 11.1 Å². The predicted molar refractivity (Wildman–Crippen MR) is 161 cm³/mol. The van der Waals surface area contributed by atoms with Gasteiger partial charge < -0.3 is 19.4 Å². The zero-order valence-electron chi connectivity index (χ0n) is 24.9. The van der Waals surface area contributed by atoms with E-state index in [0.717, 1.165) is 52.3 Å². The number of benzene rings is 1.